The number of nitrogens with two attached hydrogens (primary N) is 1. The lowest BCUT2D eigenvalue weighted by molar-refractivity contribution is 0.0694. The number of hydrogen-bond donors (Lipinski definition) is 2. The van der Waals surface area contributed by atoms with Crippen LogP contribution in [0.5, 0.6) is 11.5 Å². The number of carboxylic acids is 1. The molecule has 2 rings (SSSR count). The third-order valence-electron chi connectivity index (χ3n) is 3.01. The van der Waals surface area contributed by atoms with Gasteiger partial charge in [-0.05, 0) is 43.2 Å². The first-order valence-corrected chi connectivity index (χ1v) is 5.86. The summed E-state index contributed by atoms with van der Waals surface area (Å²) in [5, 5.41) is 9.14. The number of aromatic carboxylic acids is 1. The second kappa shape index (κ2) is 5.02. The van der Waals surface area contributed by atoms with Crippen molar-refractivity contribution in [1.29, 1.82) is 0 Å². The van der Waals surface area contributed by atoms with Crippen LogP contribution in [0, 0.1) is 13.8 Å². The molecule has 0 aromatic heterocycles. The summed E-state index contributed by atoms with van der Waals surface area (Å²) in [6.07, 6.45) is 0. The van der Waals surface area contributed by atoms with Crippen LogP contribution in [0.15, 0.2) is 36.4 Å². The Morgan fingerprint density at radius 2 is 1.89 bits per heavy atom. The molecule has 19 heavy (non-hydrogen) atoms. The number of benzene rings is 2. The minimum atomic E-state index is -1.04. The molecular weight excluding hydrogens is 242 g/mol. The molecule has 0 amide bonds. The van der Waals surface area contributed by atoms with Gasteiger partial charge in [0, 0.05) is 11.8 Å². The fourth-order valence-electron chi connectivity index (χ4n) is 1.75. The van der Waals surface area contributed by atoms with Crippen LogP contribution in [-0.2, 0) is 0 Å². The van der Waals surface area contributed by atoms with Crippen molar-refractivity contribution in [3.05, 3.63) is 53.1 Å². The molecule has 2 aromatic rings. The molecule has 4 heteroatoms. The summed E-state index contributed by atoms with van der Waals surface area (Å²) in [5.74, 6) is -0.158. The Bertz CT molecular complexity index is 635. The first kappa shape index (κ1) is 13.0. The predicted molar refractivity (Wildman–Crippen MR) is 73.8 cm³/mol. The topological polar surface area (TPSA) is 72.5 Å². The predicted octanol–water partition coefficient (Wildman–Crippen LogP) is 3.38. The first-order chi connectivity index (χ1) is 8.99. The lowest BCUT2D eigenvalue weighted by Gasteiger charge is -2.12. The molecule has 0 aliphatic heterocycles. The van der Waals surface area contributed by atoms with Gasteiger partial charge in [0.1, 0.15) is 17.1 Å². The van der Waals surface area contributed by atoms with Gasteiger partial charge in [-0.1, -0.05) is 12.1 Å². The molecule has 0 fully saturated rings. The van der Waals surface area contributed by atoms with Gasteiger partial charge in [0.15, 0.2) is 0 Å². The van der Waals surface area contributed by atoms with E-state index in [1.54, 1.807) is 12.1 Å². The Hall–Kier alpha value is -2.49. The molecule has 4 nitrogen and oxygen atoms in total. The van der Waals surface area contributed by atoms with Crippen molar-refractivity contribution in [1.82, 2.24) is 0 Å². The molecule has 0 saturated heterocycles. The van der Waals surface area contributed by atoms with Crippen molar-refractivity contribution in [2.24, 2.45) is 0 Å². The van der Waals surface area contributed by atoms with Gasteiger partial charge in [-0.3, -0.25) is 0 Å². The summed E-state index contributed by atoms with van der Waals surface area (Å²) >= 11 is 0. The minimum absolute atomic E-state index is 0.0927. The van der Waals surface area contributed by atoms with E-state index in [2.05, 4.69) is 0 Å². The second-order valence-corrected chi connectivity index (χ2v) is 4.36. The third kappa shape index (κ3) is 2.68. The number of carboxylic acid groups (broad SMARTS) is 1. The fraction of sp³-hybridized carbons (Fsp3) is 0.133. The fourth-order valence-corrected chi connectivity index (χ4v) is 1.75. The standard InChI is InChI=1S/C15H15NO3/c1-9-4-3-5-13(10(9)2)19-14-8-11(16)6-7-12(14)15(17)18/h3-8H,16H2,1-2H3,(H,17,18). The molecule has 0 atom stereocenters. The number of aryl methyl sites for hydroxylation is 1. The highest BCUT2D eigenvalue weighted by molar-refractivity contribution is 5.91. The minimum Gasteiger partial charge on any atom is -0.478 e. The van der Waals surface area contributed by atoms with Crippen LogP contribution in [0.2, 0.25) is 0 Å². The van der Waals surface area contributed by atoms with Gasteiger partial charge >= 0.3 is 5.97 Å². The normalized spacial score (nSPS) is 10.2. The SMILES string of the molecule is Cc1cccc(Oc2cc(N)ccc2C(=O)O)c1C. The van der Waals surface area contributed by atoms with Crippen LogP contribution >= 0.6 is 0 Å². The molecular formula is C15H15NO3. The van der Waals surface area contributed by atoms with Crippen molar-refractivity contribution in [2.75, 3.05) is 5.73 Å². The summed E-state index contributed by atoms with van der Waals surface area (Å²) in [4.78, 5) is 11.2. The number of nitrogen functional groups attached to an aromatic ring is 1. The second-order valence-electron chi connectivity index (χ2n) is 4.36. The quantitative estimate of drug-likeness (QED) is 0.827. The number of anilines is 1. The number of carbonyl (C=O) groups is 1. The maximum Gasteiger partial charge on any atom is 0.339 e. The zero-order valence-electron chi connectivity index (χ0n) is 10.8. The molecule has 0 spiro atoms. The summed E-state index contributed by atoms with van der Waals surface area (Å²) in [6, 6.07) is 10.1. The summed E-state index contributed by atoms with van der Waals surface area (Å²) < 4.78 is 5.70. The van der Waals surface area contributed by atoms with Crippen molar-refractivity contribution in [3.8, 4) is 11.5 Å². The van der Waals surface area contributed by atoms with Gasteiger partial charge in [0.05, 0.1) is 0 Å². The number of rotatable bonds is 3. The molecule has 0 unspecified atom stereocenters. The highest BCUT2D eigenvalue weighted by atomic mass is 16.5. The Balaban J connectivity index is 2.45. The number of hydrogen-bond acceptors (Lipinski definition) is 3. The van der Waals surface area contributed by atoms with Crippen molar-refractivity contribution >= 4 is 11.7 Å². The third-order valence-corrected chi connectivity index (χ3v) is 3.01. The van der Waals surface area contributed by atoms with Crippen LogP contribution < -0.4 is 10.5 Å². The maximum absolute atomic E-state index is 11.2. The van der Waals surface area contributed by atoms with E-state index >= 15 is 0 Å². The molecule has 98 valence electrons. The van der Waals surface area contributed by atoms with E-state index in [1.807, 2.05) is 26.0 Å². The van der Waals surface area contributed by atoms with Gasteiger partial charge in [-0.15, -0.1) is 0 Å². The smallest absolute Gasteiger partial charge is 0.339 e. The lowest BCUT2D eigenvalue weighted by atomic mass is 10.1. The van der Waals surface area contributed by atoms with Crippen molar-refractivity contribution in [2.45, 2.75) is 13.8 Å². The van der Waals surface area contributed by atoms with E-state index in [0.717, 1.165) is 11.1 Å². The van der Waals surface area contributed by atoms with Crippen LogP contribution in [0.4, 0.5) is 5.69 Å². The highest BCUT2D eigenvalue weighted by Gasteiger charge is 2.13. The molecule has 0 heterocycles. The Morgan fingerprint density at radius 3 is 2.58 bits per heavy atom. The maximum atomic E-state index is 11.2. The summed E-state index contributed by atoms with van der Waals surface area (Å²) in [7, 11) is 0. The van der Waals surface area contributed by atoms with Crippen molar-refractivity contribution in [3.63, 3.8) is 0 Å². The van der Waals surface area contributed by atoms with E-state index in [9.17, 15) is 4.79 Å². The van der Waals surface area contributed by atoms with Gasteiger partial charge in [-0.25, -0.2) is 4.79 Å². The van der Waals surface area contributed by atoms with Crippen LogP contribution in [-0.4, -0.2) is 11.1 Å². The van der Waals surface area contributed by atoms with Gasteiger partial charge in [0.2, 0.25) is 0 Å². The molecule has 3 N–H and O–H groups in total. The number of ether oxygens (including phenoxy) is 1. The van der Waals surface area contributed by atoms with E-state index in [-0.39, 0.29) is 11.3 Å². The molecule has 0 radical (unpaired) electrons. The Kier molecular flexibility index (Phi) is 3.42. The van der Waals surface area contributed by atoms with E-state index in [1.165, 1.54) is 12.1 Å². The molecule has 0 saturated carbocycles. The Labute approximate surface area is 111 Å². The van der Waals surface area contributed by atoms with Crippen molar-refractivity contribution < 1.29 is 14.6 Å². The zero-order valence-corrected chi connectivity index (χ0v) is 10.8. The van der Waals surface area contributed by atoms with E-state index < -0.39 is 5.97 Å². The highest BCUT2D eigenvalue weighted by Crippen LogP contribution is 2.30. The molecule has 0 aliphatic carbocycles. The lowest BCUT2D eigenvalue weighted by Crippen LogP contribution is -2.01. The zero-order chi connectivity index (χ0) is 14.0. The van der Waals surface area contributed by atoms with Crippen LogP contribution in [0.3, 0.4) is 0 Å². The van der Waals surface area contributed by atoms with Crippen LogP contribution in [0.1, 0.15) is 21.5 Å². The average Bonchev–Trinajstić information content (AvgIpc) is 2.35. The summed E-state index contributed by atoms with van der Waals surface area (Å²) in [6.45, 7) is 3.90. The van der Waals surface area contributed by atoms with E-state index in [4.69, 9.17) is 15.6 Å². The van der Waals surface area contributed by atoms with Crippen LogP contribution in [0.25, 0.3) is 0 Å². The van der Waals surface area contributed by atoms with E-state index in [0.29, 0.717) is 11.4 Å². The average molecular weight is 257 g/mol. The van der Waals surface area contributed by atoms with Gasteiger partial charge in [-0.2, -0.15) is 0 Å². The summed E-state index contributed by atoms with van der Waals surface area (Å²) in [5.41, 5.74) is 8.29. The molecule has 2 aromatic carbocycles. The van der Waals surface area contributed by atoms with Gasteiger partial charge in [0.25, 0.3) is 0 Å². The Morgan fingerprint density at radius 1 is 1.16 bits per heavy atom. The monoisotopic (exact) mass is 257 g/mol. The van der Waals surface area contributed by atoms with Gasteiger partial charge < -0.3 is 15.6 Å². The largest absolute Gasteiger partial charge is 0.478 e. The molecule has 0 bridgehead atoms. The first-order valence-electron chi connectivity index (χ1n) is 5.86. The molecule has 0 aliphatic rings.